The van der Waals surface area contributed by atoms with Crippen LogP contribution in [0.5, 0.6) is 5.75 Å². The summed E-state index contributed by atoms with van der Waals surface area (Å²) in [5.74, 6) is -0.118. The van der Waals surface area contributed by atoms with E-state index >= 15 is 0 Å². The summed E-state index contributed by atoms with van der Waals surface area (Å²) < 4.78 is 46.2. The number of ether oxygens (including phenoxy) is 1. The number of hydrogen-bond donors (Lipinski definition) is 3. The summed E-state index contributed by atoms with van der Waals surface area (Å²) >= 11 is 0. The minimum Gasteiger partial charge on any atom is -0.491 e. The van der Waals surface area contributed by atoms with Gasteiger partial charge in [0.1, 0.15) is 24.5 Å². The van der Waals surface area contributed by atoms with Crippen molar-refractivity contribution in [1.29, 1.82) is 0 Å². The van der Waals surface area contributed by atoms with Gasteiger partial charge in [-0.3, -0.25) is 5.32 Å². The highest BCUT2D eigenvalue weighted by atomic mass is 19.4. The summed E-state index contributed by atoms with van der Waals surface area (Å²) in [6.45, 7) is 5.59. The molecule has 4 N–H and O–H groups in total. The third-order valence-electron chi connectivity index (χ3n) is 3.91. The van der Waals surface area contributed by atoms with Crippen LogP contribution >= 0.6 is 0 Å². The van der Waals surface area contributed by atoms with E-state index in [1.807, 2.05) is 19.2 Å². The lowest BCUT2D eigenvalue weighted by molar-refractivity contribution is -0.139. The normalized spacial score (nSPS) is 13.8. The molecule has 29 heavy (non-hydrogen) atoms. The summed E-state index contributed by atoms with van der Waals surface area (Å²) in [6.07, 6.45) is -4.36. The first-order valence-electron chi connectivity index (χ1n) is 8.83. The number of amides is 1. The zero-order valence-corrected chi connectivity index (χ0v) is 16.2. The zero-order chi connectivity index (χ0) is 21.8. The first-order valence-corrected chi connectivity index (χ1v) is 8.83. The predicted octanol–water partition coefficient (Wildman–Crippen LogP) is 4.39. The van der Waals surface area contributed by atoms with Gasteiger partial charge in [-0.05, 0) is 37.5 Å². The molecule has 1 aromatic carbocycles. The molecular formula is C19H23F3N4O3. The van der Waals surface area contributed by atoms with E-state index in [0.717, 1.165) is 12.4 Å². The van der Waals surface area contributed by atoms with Crippen LogP contribution in [-0.4, -0.2) is 33.3 Å². The van der Waals surface area contributed by atoms with E-state index in [0.29, 0.717) is 6.42 Å². The maximum Gasteiger partial charge on any atom is 0.419 e. The molecule has 1 aromatic heterocycles. The van der Waals surface area contributed by atoms with Gasteiger partial charge in [-0.2, -0.15) is 13.2 Å². The first-order chi connectivity index (χ1) is 13.4. The number of nitrogens with zero attached hydrogens (tertiary/aromatic N) is 2. The van der Waals surface area contributed by atoms with E-state index in [9.17, 15) is 18.0 Å². The second kappa shape index (κ2) is 8.64. The van der Waals surface area contributed by atoms with Gasteiger partial charge in [-0.15, -0.1) is 0 Å². The van der Waals surface area contributed by atoms with E-state index in [1.165, 1.54) is 18.2 Å². The van der Waals surface area contributed by atoms with E-state index in [4.69, 9.17) is 15.6 Å². The molecule has 1 amide bonds. The topological polar surface area (TPSA) is 110 Å². The molecule has 0 saturated heterocycles. The summed E-state index contributed by atoms with van der Waals surface area (Å²) in [6, 6.07) is 4.76. The molecule has 0 bridgehead atoms. The highest BCUT2D eigenvalue weighted by Crippen LogP contribution is 2.39. The van der Waals surface area contributed by atoms with Crippen molar-refractivity contribution in [1.82, 2.24) is 9.97 Å². The van der Waals surface area contributed by atoms with Crippen LogP contribution in [0.2, 0.25) is 0 Å². The van der Waals surface area contributed by atoms with Gasteiger partial charge in [0.15, 0.2) is 0 Å². The number of hydrogen-bond acceptors (Lipinski definition) is 5. The zero-order valence-electron chi connectivity index (χ0n) is 16.2. The number of carboxylic acid groups (broad SMARTS) is 1. The molecule has 10 heteroatoms. The maximum absolute atomic E-state index is 13.6. The molecule has 0 radical (unpaired) electrons. The molecule has 0 spiro atoms. The lowest BCUT2D eigenvalue weighted by atomic mass is 9.93. The second-order valence-corrected chi connectivity index (χ2v) is 7.47. The van der Waals surface area contributed by atoms with Crippen molar-refractivity contribution < 1.29 is 27.8 Å². The molecule has 158 valence electrons. The lowest BCUT2D eigenvalue weighted by Crippen LogP contribution is -2.43. The van der Waals surface area contributed by atoms with Crippen LogP contribution in [0.4, 0.5) is 23.8 Å². The summed E-state index contributed by atoms with van der Waals surface area (Å²) in [5, 5.41) is 10.8. The van der Waals surface area contributed by atoms with Gasteiger partial charge in [0.2, 0.25) is 0 Å². The predicted molar refractivity (Wildman–Crippen MR) is 102 cm³/mol. The minimum absolute atomic E-state index is 0.0519. The number of carbonyl (C=O) groups is 1. The highest BCUT2D eigenvalue weighted by Gasteiger charge is 2.35. The van der Waals surface area contributed by atoms with Crippen molar-refractivity contribution in [2.45, 2.75) is 38.9 Å². The Morgan fingerprint density at radius 1 is 1.28 bits per heavy atom. The molecule has 0 aliphatic carbocycles. The molecule has 2 aromatic rings. The van der Waals surface area contributed by atoms with Gasteiger partial charge < -0.3 is 15.6 Å². The average molecular weight is 412 g/mol. The van der Waals surface area contributed by atoms with Crippen molar-refractivity contribution in [2.24, 2.45) is 11.7 Å². The molecule has 1 atom stereocenters. The van der Waals surface area contributed by atoms with E-state index in [-0.39, 0.29) is 35.3 Å². The Kier molecular flexibility index (Phi) is 6.68. The number of nitrogens with one attached hydrogen (secondary N) is 1. The number of rotatable bonds is 7. The van der Waals surface area contributed by atoms with E-state index in [1.54, 1.807) is 6.92 Å². The third kappa shape index (κ3) is 6.60. The second-order valence-electron chi connectivity index (χ2n) is 7.47. The number of halogens is 3. The Balaban J connectivity index is 2.34. The van der Waals surface area contributed by atoms with Gasteiger partial charge in [0, 0.05) is 17.2 Å². The number of aromatic nitrogens is 2. The maximum atomic E-state index is 13.6. The Morgan fingerprint density at radius 2 is 1.97 bits per heavy atom. The smallest absolute Gasteiger partial charge is 0.419 e. The molecule has 1 unspecified atom stereocenters. The van der Waals surface area contributed by atoms with Crippen LogP contribution in [0, 0.1) is 5.92 Å². The number of anilines is 1. The molecule has 1 heterocycles. The highest BCUT2D eigenvalue weighted by molar-refractivity contribution is 5.82. The fourth-order valence-electron chi connectivity index (χ4n) is 2.96. The van der Waals surface area contributed by atoms with Crippen LogP contribution < -0.4 is 15.8 Å². The van der Waals surface area contributed by atoms with Crippen LogP contribution in [0.25, 0.3) is 11.3 Å². The molecule has 2 rings (SSSR count). The summed E-state index contributed by atoms with van der Waals surface area (Å²) in [7, 11) is 0. The Morgan fingerprint density at radius 3 is 2.55 bits per heavy atom. The van der Waals surface area contributed by atoms with Gasteiger partial charge in [-0.25, -0.2) is 14.8 Å². The van der Waals surface area contributed by atoms with Crippen molar-refractivity contribution in [2.75, 3.05) is 11.9 Å². The lowest BCUT2D eigenvalue weighted by Gasteiger charge is -2.27. The van der Waals surface area contributed by atoms with Gasteiger partial charge >= 0.3 is 12.3 Å². The molecular weight excluding hydrogens is 389 g/mol. The van der Waals surface area contributed by atoms with Gasteiger partial charge in [0.25, 0.3) is 0 Å². The minimum atomic E-state index is -4.66. The quantitative estimate of drug-likeness (QED) is 0.622. The molecule has 0 fully saturated rings. The van der Waals surface area contributed by atoms with Crippen molar-refractivity contribution in [3.05, 3.63) is 36.2 Å². The van der Waals surface area contributed by atoms with E-state index < -0.39 is 23.4 Å². The van der Waals surface area contributed by atoms with Crippen LogP contribution in [-0.2, 0) is 6.18 Å². The summed E-state index contributed by atoms with van der Waals surface area (Å²) in [4.78, 5) is 18.3. The number of benzene rings is 1. The van der Waals surface area contributed by atoms with Gasteiger partial charge in [0.05, 0.1) is 11.3 Å². The van der Waals surface area contributed by atoms with Crippen LogP contribution in [0.3, 0.4) is 0 Å². The number of nitrogens with two attached hydrogens (primary N) is 1. The fraction of sp³-hybridized carbons (Fsp3) is 0.421. The van der Waals surface area contributed by atoms with Crippen molar-refractivity contribution >= 4 is 11.9 Å². The Bertz CT molecular complexity index is 870. The summed E-state index contributed by atoms with van der Waals surface area (Å²) in [5.41, 5.74) is 4.64. The Hall–Kier alpha value is -2.88. The first kappa shape index (κ1) is 22.4. The molecule has 7 nitrogen and oxygen atoms in total. The SMILES string of the molecule is CC(C)CC(C)(N)COc1ccc(-c2cc(NC(=O)O)ncn2)cc1C(F)(F)F. The van der Waals surface area contributed by atoms with Crippen molar-refractivity contribution in [3.63, 3.8) is 0 Å². The molecule has 0 saturated carbocycles. The fourth-order valence-corrected chi connectivity index (χ4v) is 2.96. The standard InChI is InChI=1S/C19H23F3N4O3/c1-11(2)8-18(3,23)9-29-15-5-4-12(6-13(15)19(20,21)22)14-7-16(25-10-24-14)26-17(27)28/h4-7,10-11H,8-9,23H2,1-3H3,(H,27,28)(H,24,25,26). The monoisotopic (exact) mass is 412 g/mol. The molecule has 0 aliphatic rings. The average Bonchev–Trinajstić information content (AvgIpc) is 2.57. The van der Waals surface area contributed by atoms with Crippen molar-refractivity contribution in [3.8, 4) is 17.0 Å². The van der Waals surface area contributed by atoms with Crippen LogP contribution in [0.1, 0.15) is 32.8 Å². The third-order valence-corrected chi connectivity index (χ3v) is 3.91. The van der Waals surface area contributed by atoms with E-state index in [2.05, 4.69) is 9.97 Å². The van der Waals surface area contributed by atoms with Crippen LogP contribution in [0.15, 0.2) is 30.6 Å². The van der Waals surface area contributed by atoms with Gasteiger partial charge in [-0.1, -0.05) is 13.8 Å². The number of alkyl halides is 3. The Labute approximate surface area is 166 Å². The largest absolute Gasteiger partial charge is 0.491 e. The molecule has 0 aliphatic heterocycles.